The van der Waals surface area contributed by atoms with Crippen LogP contribution in [0.1, 0.15) is 44.2 Å². The number of halogens is 2. The van der Waals surface area contributed by atoms with Gasteiger partial charge in [0.25, 0.3) is 0 Å². The van der Waals surface area contributed by atoms with Crippen molar-refractivity contribution in [3.8, 4) is 0 Å². The highest BCUT2D eigenvalue weighted by Gasteiger charge is 2.43. The van der Waals surface area contributed by atoms with Gasteiger partial charge >= 0.3 is 6.03 Å². The number of amides is 2. The number of carbonyl (C=O) groups is 1. The van der Waals surface area contributed by atoms with Crippen molar-refractivity contribution < 1.29 is 22.0 Å². The molecule has 0 spiro atoms. The summed E-state index contributed by atoms with van der Waals surface area (Å²) in [5.74, 6) is -3.38. The number of hydrogen-bond acceptors (Lipinski definition) is 3. The van der Waals surface area contributed by atoms with Crippen molar-refractivity contribution in [3.63, 3.8) is 0 Å². The van der Waals surface area contributed by atoms with Gasteiger partial charge in [-0.2, -0.15) is 0 Å². The zero-order valence-corrected chi connectivity index (χ0v) is 17.5. The Balaban J connectivity index is 1.79. The Kier molecular flexibility index (Phi) is 6.31. The van der Waals surface area contributed by atoms with Crippen LogP contribution >= 0.6 is 0 Å². The Morgan fingerprint density at radius 3 is 2.45 bits per heavy atom. The van der Waals surface area contributed by atoms with E-state index >= 15 is 0 Å². The zero-order chi connectivity index (χ0) is 21.2. The molecule has 1 N–H and O–H groups in total. The summed E-state index contributed by atoms with van der Waals surface area (Å²) in [7, 11) is -3.29. The number of piperidine rings is 1. The molecule has 0 unspecified atom stereocenters. The quantitative estimate of drug-likeness (QED) is 0.743. The lowest BCUT2D eigenvalue weighted by molar-refractivity contribution is -0.0686. The topological polar surface area (TPSA) is 66.5 Å². The van der Waals surface area contributed by atoms with E-state index in [2.05, 4.69) is 5.32 Å². The number of nitrogens with zero attached hydrogens (tertiary/aromatic N) is 1. The van der Waals surface area contributed by atoms with Crippen LogP contribution in [-0.4, -0.2) is 44.1 Å². The molecule has 8 heteroatoms. The number of carbonyl (C=O) groups excluding carboxylic acids is 1. The molecule has 0 aromatic heterocycles. The molecule has 29 heavy (non-hydrogen) atoms. The first kappa shape index (κ1) is 21.7. The predicted octanol–water partition coefficient (Wildman–Crippen LogP) is 4.14. The lowest BCUT2D eigenvalue weighted by atomic mass is 9.84. The van der Waals surface area contributed by atoms with Crippen LogP contribution in [0, 0.1) is 11.8 Å². The van der Waals surface area contributed by atoms with E-state index in [1.807, 2.05) is 30.3 Å². The molecule has 1 saturated carbocycles. The molecule has 1 aromatic rings. The zero-order valence-electron chi connectivity index (χ0n) is 16.7. The average Bonchev–Trinajstić information content (AvgIpc) is 3.49. The van der Waals surface area contributed by atoms with Gasteiger partial charge < -0.3 is 10.2 Å². The Bertz CT molecular complexity index is 848. The molecule has 3 atom stereocenters. The molecule has 1 heterocycles. The maximum atomic E-state index is 14.0. The Hall–Kier alpha value is -1.96. The van der Waals surface area contributed by atoms with Gasteiger partial charge in [0.05, 0.1) is 12.1 Å². The fraction of sp³-hybridized carbons (Fsp3) is 0.571. The highest BCUT2D eigenvalue weighted by atomic mass is 32.2. The minimum atomic E-state index is -3.29. The highest BCUT2D eigenvalue weighted by Crippen LogP contribution is 2.41. The van der Waals surface area contributed by atoms with Gasteiger partial charge in [0.2, 0.25) is 5.92 Å². The van der Waals surface area contributed by atoms with Crippen molar-refractivity contribution in [1.82, 2.24) is 10.2 Å². The van der Waals surface area contributed by atoms with Gasteiger partial charge in [-0.15, -0.1) is 0 Å². The second kappa shape index (κ2) is 8.42. The van der Waals surface area contributed by atoms with Crippen LogP contribution < -0.4 is 5.32 Å². The van der Waals surface area contributed by atoms with E-state index in [4.69, 9.17) is 0 Å². The monoisotopic (exact) mass is 426 g/mol. The maximum Gasteiger partial charge on any atom is 0.318 e. The SMILES string of the molecule is CC(F)(F)[C@H]1CCN(C(=O)N[C@H](/C=C/S(C)(=O)=O)C2CC2)[C@@H](c2ccccc2)C1. The molecule has 3 rings (SSSR count). The Morgan fingerprint density at radius 2 is 1.90 bits per heavy atom. The summed E-state index contributed by atoms with van der Waals surface area (Å²) in [6, 6.07) is 8.06. The Morgan fingerprint density at radius 1 is 1.24 bits per heavy atom. The second-order valence-electron chi connectivity index (χ2n) is 8.27. The molecule has 1 aliphatic heterocycles. The third-order valence-corrected chi connectivity index (χ3v) is 6.37. The molecule has 2 aliphatic rings. The third-order valence-electron chi connectivity index (χ3n) is 5.72. The lowest BCUT2D eigenvalue weighted by Gasteiger charge is -2.41. The molecule has 0 bridgehead atoms. The van der Waals surface area contributed by atoms with E-state index in [0.717, 1.165) is 37.0 Å². The van der Waals surface area contributed by atoms with E-state index in [1.54, 1.807) is 4.90 Å². The number of nitrogens with one attached hydrogen (secondary N) is 1. The van der Waals surface area contributed by atoms with Crippen molar-refractivity contribution in [2.75, 3.05) is 12.8 Å². The smallest absolute Gasteiger partial charge is 0.318 e. The minimum Gasteiger partial charge on any atom is -0.331 e. The van der Waals surface area contributed by atoms with Crippen LogP contribution in [0.5, 0.6) is 0 Å². The van der Waals surface area contributed by atoms with E-state index in [0.29, 0.717) is 0 Å². The summed E-state index contributed by atoms with van der Waals surface area (Å²) in [6.45, 7) is 1.17. The van der Waals surface area contributed by atoms with Gasteiger partial charge in [0.1, 0.15) is 0 Å². The van der Waals surface area contributed by atoms with Crippen molar-refractivity contribution in [3.05, 3.63) is 47.4 Å². The van der Waals surface area contributed by atoms with Gasteiger partial charge in [0, 0.05) is 24.1 Å². The van der Waals surface area contributed by atoms with Crippen LogP contribution in [0.15, 0.2) is 41.8 Å². The summed E-state index contributed by atoms with van der Waals surface area (Å²) >= 11 is 0. The molecule has 160 valence electrons. The van der Waals surface area contributed by atoms with Gasteiger partial charge in [-0.3, -0.25) is 0 Å². The lowest BCUT2D eigenvalue weighted by Crippen LogP contribution is -2.50. The second-order valence-corrected chi connectivity index (χ2v) is 10.2. The molecular formula is C21H28F2N2O3S. The third kappa shape index (κ3) is 6.01. The Labute approximate surface area is 171 Å². The van der Waals surface area contributed by atoms with Gasteiger partial charge in [-0.1, -0.05) is 36.4 Å². The molecule has 1 saturated heterocycles. The summed E-state index contributed by atoms with van der Waals surface area (Å²) in [6.07, 6.45) is 4.89. The van der Waals surface area contributed by atoms with E-state index in [9.17, 15) is 22.0 Å². The first-order chi connectivity index (χ1) is 13.5. The van der Waals surface area contributed by atoms with Gasteiger partial charge in [-0.05, 0) is 44.1 Å². The van der Waals surface area contributed by atoms with E-state index in [-0.39, 0.29) is 37.4 Å². The minimum absolute atomic E-state index is 0.189. The van der Waals surface area contributed by atoms with Crippen LogP contribution in [0.25, 0.3) is 0 Å². The molecule has 2 fully saturated rings. The predicted molar refractivity (Wildman–Crippen MR) is 108 cm³/mol. The van der Waals surface area contributed by atoms with Crippen LogP contribution in [0.2, 0.25) is 0 Å². The normalized spacial score (nSPS) is 24.5. The van der Waals surface area contributed by atoms with Crippen molar-refractivity contribution in [2.24, 2.45) is 11.8 Å². The van der Waals surface area contributed by atoms with Crippen LogP contribution in [0.4, 0.5) is 13.6 Å². The number of urea groups is 1. The number of likely N-dealkylation sites (tertiary alicyclic amines) is 1. The van der Waals surface area contributed by atoms with Crippen molar-refractivity contribution in [2.45, 2.75) is 50.6 Å². The molecule has 1 aromatic carbocycles. The standard InChI is InChI=1S/C21H28F2N2O3S/c1-21(22,23)17-10-12-25(19(14-17)16-6-4-3-5-7-16)20(26)24-18(15-8-9-15)11-13-29(2,27)28/h3-7,11,13,15,17-19H,8-10,12,14H2,1-2H3,(H,24,26)/b13-11+/t17-,18+,19+/m0/s1. The van der Waals surface area contributed by atoms with Crippen molar-refractivity contribution >= 4 is 15.9 Å². The largest absolute Gasteiger partial charge is 0.331 e. The van der Waals surface area contributed by atoms with Crippen LogP contribution in [0.3, 0.4) is 0 Å². The average molecular weight is 427 g/mol. The van der Waals surface area contributed by atoms with E-state index < -0.39 is 27.7 Å². The molecular weight excluding hydrogens is 398 g/mol. The molecule has 0 radical (unpaired) electrons. The first-order valence-corrected chi connectivity index (χ1v) is 11.9. The molecule has 5 nitrogen and oxygen atoms in total. The number of sulfone groups is 1. The number of alkyl halides is 2. The van der Waals surface area contributed by atoms with Gasteiger partial charge in [0.15, 0.2) is 9.84 Å². The molecule has 2 amide bonds. The number of benzene rings is 1. The van der Waals surface area contributed by atoms with Crippen LogP contribution in [-0.2, 0) is 9.84 Å². The summed E-state index contributed by atoms with van der Waals surface area (Å²) in [5, 5.41) is 4.04. The fourth-order valence-corrected chi connectivity index (χ4v) is 4.35. The molecule has 1 aliphatic carbocycles. The number of rotatable bonds is 6. The summed E-state index contributed by atoms with van der Waals surface area (Å²) < 4.78 is 50.9. The first-order valence-electron chi connectivity index (χ1n) is 9.93. The number of hydrogen-bond donors (Lipinski definition) is 1. The highest BCUT2D eigenvalue weighted by molar-refractivity contribution is 7.93. The summed E-state index contributed by atoms with van der Waals surface area (Å²) in [5.41, 5.74) is 0.825. The summed E-state index contributed by atoms with van der Waals surface area (Å²) in [4.78, 5) is 14.7. The van der Waals surface area contributed by atoms with E-state index in [1.165, 1.54) is 6.08 Å². The maximum absolute atomic E-state index is 14.0. The van der Waals surface area contributed by atoms with Gasteiger partial charge in [-0.25, -0.2) is 22.0 Å². The van der Waals surface area contributed by atoms with Crippen molar-refractivity contribution in [1.29, 1.82) is 0 Å². The fourth-order valence-electron chi connectivity index (χ4n) is 3.89.